The molecule has 15 heteroatoms. The molecule has 35 heavy (non-hydrogen) atoms. The van der Waals surface area contributed by atoms with Gasteiger partial charge in [-0.2, -0.15) is 0 Å². The lowest BCUT2D eigenvalue weighted by Gasteiger charge is -2.10. The van der Waals surface area contributed by atoms with Crippen LogP contribution in [-0.4, -0.2) is 21.1 Å². The molecule has 0 atom stereocenters. The van der Waals surface area contributed by atoms with Crippen LogP contribution < -0.4 is 19.0 Å². The summed E-state index contributed by atoms with van der Waals surface area (Å²) >= 11 is 0.839. The van der Waals surface area contributed by atoms with Crippen molar-refractivity contribution in [2.75, 3.05) is 0 Å². The van der Waals surface area contributed by atoms with Crippen LogP contribution in [0.3, 0.4) is 0 Å². The van der Waals surface area contributed by atoms with Gasteiger partial charge in [0.1, 0.15) is 21.3 Å². The molecule has 0 spiro atoms. The van der Waals surface area contributed by atoms with E-state index in [1.54, 1.807) is 0 Å². The highest BCUT2D eigenvalue weighted by Gasteiger charge is 2.32. The summed E-state index contributed by atoms with van der Waals surface area (Å²) in [5.41, 5.74) is 0. The van der Waals surface area contributed by atoms with Crippen LogP contribution in [-0.2, 0) is 9.84 Å². The molecular formula is C20H8F6O6S3. The van der Waals surface area contributed by atoms with E-state index in [1.807, 2.05) is 0 Å². The SMILES string of the molecule is O=c1sc2ccc(OC(F)(F)F)cc2cc1S(=O)(=O)c1cc2cc(OC(F)(F)F)ccc2sc1=O. The first-order chi connectivity index (χ1) is 16.1. The summed E-state index contributed by atoms with van der Waals surface area (Å²) in [7, 11) is -4.81. The van der Waals surface area contributed by atoms with E-state index in [-0.39, 0.29) is 20.2 Å². The smallest absolute Gasteiger partial charge is 0.406 e. The third-order valence-electron chi connectivity index (χ3n) is 4.39. The van der Waals surface area contributed by atoms with E-state index in [0.717, 1.165) is 48.5 Å². The van der Waals surface area contributed by atoms with Gasteiger partial charge in [0, 0.05) is 9.40 Å². The molecule has 0 aliphatic heterocycles. The molecule has 6 nitrogen and oxygen atoms in total. The summed E-state index contributed by atoms with van der Waals surface area (Å²) in [4.78, 5) is 23.3. The van der Waals surface area contributed by atoms with E-state index in [2.05, 4.69) is 9.47 Å². The van der Waals surface area contributed by atoms with Crippen LogP contribution in [0.4, 0.5) is 26.3 Å². The Balaban J connectivity index is 1.86. The fourth-order valence-corrected chi connectivity index (χ4v) is 6.66. The summed E-state index contributed by atoms with van der Waals surface area (Å²) < 4.78 is 107. The first-order valence-electron chi connectivity index (χ1n) is 9.05. The maximum Gasteiger partial charge on any atom is 0.573 e. The molecule has 0 unspecified atom stereocenters. The second-order valence-electron chi connectivity index (χ2n) is 6.79. The van der Waals surface area contributed by atoms with Crippen molar-refractivity contribution in [2.24, 2.45) is 0 Å². The summed E-state index contributed by atoms with van der Waals surface area (Å²) in [6, 6.07) is 7.53. The predicted molar refractivity (Wildman–Crippen MR) is 115 cm³/mol. The molecule has 0 saturated heterocycles. The highest BCUT2D eigenvalue weighted by atomic mass is 32.2. The van der Waals surface area contributed by atoms with Crippen LogP contribution in [0.15, 0.2) is 67.9 Å². The summed E-state index contributed by atoms with van der Waals surface area (Å²) in [5.74, 6) is -1.32. The summed E-state index contributed by atoms with van der Waals surface area (Å²) in [6.07, 6.45) is -10.0. The number of halogens is 6. The van der Waals surface area contributed by atoms with Gasteiger partial charge in [-0.25, -0.2) is 8.42 Å². The van der Waals surface area contributed by atoms with Crippen molar-refractivity contribution in [2.45, 2.75) is 22.5 Å². The van der Waals surface area contributed by atoms with Crippen molar-refractivity contribution in [1.29, 1.82) is 0 Å². The van der Waals surface area contributed by atoms with Crippen LogP contribution in [0.25, 0.3) is 20.2 Å². The third-order valence-corrected chi connectivity index (χ3v) is 8.41. The molecule has 0 aliphatic carbocycles. The van der Waals surface area contributed by atoms with Gasteiger partial charge >= 0.3 is 12.7 Å². The number of ether oxygens (including phenoxy) is 2. The molecule has 2 aromatic heterocycles. The van der Waals surface area contributed by atoms with Gasteiger partial charge in [0.2, 0.25) is 9.84 Å². The van der Waals surface area contributed by atoms with Crippen molar-refractivity contribution in [3.63, 3.8) is 0 Å². The van der Waals surface area contributed by atoms with Crippen molar-refractivity contribution in [1.82, 2.24) is 0 Å². The van der Waals surface area contributed by atoms with E-state index in [9.17, 15) is 44.3 Å². The number of hydrogen-bond acceptors (Lipinski definition) is 8. The maximum absolute atomic E-state index is 13.2. The van der Waals surface area contributed by atoms with Gasteiger partial charge in [-0.05, 0) is 59.3 Å². The van der Waals surface area contributed by atoms with Crippen molar-refractivity contribution >= 4 is 52.7 Å². The van der Waals surface area contributed by atoms with Gasteiger partial charge < -0.3 is 9.47 Å². The molecule has 0 bridgehead atoms. The molecule has 0 amide bonds. The van der Waals surface area contributed by atoms with Gasteiger partial charge in [-0.3, -0.25) is 9.59 Å². The molecule has 4 aromatic rings. The first kappa shape index (κ1) is 24.9. The molecule has 184 valence electrons. The number of alkyl halides is 6. The minimum Gasteiger partial charge on any atom is -0.406 e. The zero-order valence-corrected chi connectivity index (χ0v) is 19.0. The second kappa shape index (κ2) is 8.49. The number of fused-ring (bicyclic) bond motifs is 2. The topological polar surface area (TPSA) is 86.7 Å². The number of hydrogen-bond donors (Lipinski definition) is 0. The molecule has 0 fully saturated rings. The van der Waals surface area contributed by atoms with Crippen LogP contribution in [0.2, 0.25) is 0 Å². The Morgan fingerprint density at radius 2 is 1.00 bits per heavy atom. The minimum atomic E-state index is -5.01. The largest absolute Gasteiger partial charge is 0.573 e. The van der Waals surface area contributed by atoms with Crippen LogP contribution in [0, 0.1) is 0 Å². The highest BCUT2D eigenvalue weighted by molar-refractivity contribution is 7.91. The summed E-state index contributed by atoms with van der Waals surface area (Å²) in [6.45, 7) is 0. The summed E-state index contributed by atoms with van der Waals surface area (Å²) in [5, 5.41) is -0.152. The standard InChI is InChI=1S/C20H8F6O6S3/c21-19(22,23)31-11-1-3-13-9(5-11)7-15(17(27)33-13)35(29,30)16-8-10-6-12(32-20(24,25)26)2-4-14(10)34-18(16)28/h1-8H. The maximum atomic E-state index is 13.2. The molecule has 4 rings (SSSR count). The molecule has 0 radical (unpaired) electrons. The van der Waals surface area contributed by atoms with Gasteiger partial charge in [-0.1, -0.05) is 22.7 Å². The highest BCUT2D eigenvalue weighted by Crippen LogP contribution is 2.32. The van der Waals surface area contributed by atoms with Crippen molar-refractivity contribution < 1.29 is 44.2 Å². The third kappa shape index (κ3) is 5.41. The van der Waals surface area contributed by atoms with Crippen molar-refractivity contribution in [3.05, 3.63) is 67.6 Å². The number of sulfone groups is 1. The van der Waals surface area contributed by atoms with E-state index in [4.69, 9.17) is 0 Å². The average molecular weight is 554 g/mol. The van der Waals surface area contributed by atoms with Crippen LogP contribution in [0.1, 0.15) is 0 Å². The Kier molecular flexibility index (Phi) is 6.05. The van der Waals surface area contributed by atoms with E-state index < -0.39 is 53.3 Å². The molecule has 0 saturated carbocycles. The minimum absolute atomic E-state index is 0.0762. The average Bonchev–Trinajstić information content (AvgIpc) is 2.70. The van der Waals surface area contributed by atoms with Gasteiger partial charge in [0.05, 0.1) is 0 Å². The Morgan fingerprint density at radius 1 is 0.629 bits per heavy atom. The fourth-order valence-electron chi connectivity index (χ4n) is 3.05. The van der Waals surface area contributed by atoms with Crippen molar-refractivity contribution in [3.8, 4) is 11.5 Å². The number of benzene rings is 2. The quantitative estimate of drug-likeness (QED) is 0.311. The Morgan fingerprint density at radius 3 is 1.34 bits per heavy atom. The van der Waals surface area contributed by atoms with Gasteiger partial charge in [0.25, 0.3) is 9.48 Å². The zero-order chi connectivity index (χ0) is 25.8. The predicted octanol–water partition coefficient (Wildman–Crippen LogP) is 5.47. The monoisotopic (exact) mass is 554 g/mol. The Bertz CT molecular complexity index is 1570. The zero-order valence-electron chi connectivity index (χ0n) is 16.6. The fraction of sp³-hybridized carbons (Fsp3) is 0.100. The van der Waals surface area contributed by atoms with Gasteiger partial charge in [0.15, 0.2) is 0 Å². The molecular weight excluding hydrogens is 546 g/mol. The Hall–Kier alpha value is -3.17. The van der Waals surface area contributed by atoms with Crippen LogP contribution >= 0.6 is 22.7 Å². The first-order valence-corrected chi connectivity index (χ1v) is 12.2. The van der Waals surface area contributed by atoms with Crippen LogP contribution in [0.5, 0.6) is 11.5 Å². The molecule has 2 heterocycles. The van der Waals surface area contributed by atoms with E-state index >= 15 is 0 Å². The molecule has 0 N–H and O–H groups in total. The molecule has 0 aliphatic rings. The Labute approximate surface area is 198 Å². The van der Waals surface area contributed by atoms with E-state index in [0.29, 0.717) is 22.7 Å². The lowest BCUT2D eigenvalue weighted by Crippen LogP contribution is -2.18. The molecule has 2 aromatic carbocycles. The second-order valence-corrected chi connectivity index (χ2v) is 10.7. The van der Waals surface area contributed by atoms with Gasteiger partial charge in [-0.15, -0.1) is 26.3 Å². The lowest BCUT2D eigenvalue weighted by atomic mass is 10.2. The normalized spacial score (nSPS) is 12.7. The lowest BCUT2D eigenvalue weighted by molar-refractivity contribution is -0.275. The van der Waals surface area contributed by atoms with E-state index in [1.165, 1.54) is 0 Å². The number of rotatable bonds is 4.